The summed E-state index contributed by atoms with van der Waals surface area (Å²) in [5.74, 6) is 2.00. The summed E-state index contributed by atoms with van der Waals surface area (Å²) in [5, 5.41) is 0. The maximum atomic E-state index is 6.09. The van der Waals surface area contributed by atoms with E-state index in [1.165, 1.54) is 0 Å². The third-order valence-corrected chi connectivity index (χ3v) is 5.96. The van der Waals surface area contributed by atoms with Gasteiger partial charge in [-0.05, 0) is 35.3 Å². The Morgan fingerprint density at radius 2 is 1.90 bits per heavy atom. The molecule has 1 aliphatic carbocycles. The topological polar surface area (TPSA) is 30.7 Å². The number of fused-ring (bicyclic) bond motifs is 1. The van der Waals surface area contributed by atoms with Crippen LogP contribution in [0.15, 0.2) is 12.3 Å². The van der Waals surface area contributed by atoms with Crippen molar-refractivity contribution in [3.8, 4) is 0 Å². The van der Waals surface area contributed by atoms with Crippen molar-refractivity contribution in [3.05, 3.63) is 23.7 Å². The van der Waals surface area contributed by atoms with Gasteiger partial charge in [-0.2, -0.15) is 0 Å². The first-order valence-electron chi connectivity index (χ1n) is 7.17. The van der Waals surface area contributed by atoms with E-state index >= 15 is 0 Å². The van der Waals surface area contributed by atoms with Gasteiger partial charge in [0.2, 0.25) is 0 Å². The maximum Gasteiger partial charge on any atom is 0.160 e. The van der Waals surface area contributed by atoms with E-state index in [4.69, 9.17) is 11.6 Å². The highest BCUT2D eigenvalue weighted by Gasteiger charge is 2.64. The molecular formula is C16H22ClN3. The SMILES string of the molecule is Cc1ccnc2c1nc(CCl)n2CC1C(C)(C)C1(C)C. The second-order valence-corrected chi connectivity index (χ2v) is 7.34. The quantitative estimate of drug-likeness (QED) is 0.795. The maximum absolute atomic E-state index is 6.09. The van der Waals surface area contributed by atoms with Gasteiger partial charge in [0, 0.05) is 12.7 Å². The van der Waals surface area contributed by atoms with Crippen molar-refractivity contribution in [2.75, 3.05) is 0 Å². The normalized spacial score (nSPS) is 20.5. The molecule has 108 valence electrons. The molecule has 0 radical (unpaired) electrons. The molecule has 3 nitrogen and oxygen atoms in total. The molecule has 0 spiro atoms. The fraction of sp³-hybridized carbons (Fsp3) is 0.625. The van der Waals surface area contributed by atoms with Gasteiger partial charge in [0.05, 0.1) is 5.88 Å². The third-order valence-electron chi connectivity index (χ3n) is 5.72. The van der Waals surface area contributed by atoms with Crippen LogP contribution in [0.2, 0.25) is 0 Å². The summed E-state index contributed by atoms with van der Waals surface area (Å²) >= 11 is 6.09. The van der Waals surface area contributed by atoms with Crippen LogP contribution in [0.4, 0.5) is 0 Å². The molecule has 20 heavy (non-hydrogen) atoms. The van der Waals surface area contributed by atoms with E-state index in [-0.39, 0.29) is 0 Å². The molecule has 1 fully saturated rings. The van der Waals surface area contributed by atoms with Crippen molar-refractivity contribution in [1.82, 2.24) is 14.5 Å². The molecule has 4 heteroatoms. The molecule has 0 unspecified atom stereocenters. The van der Waals surface area contributed by atoms with Crippen LogP contribution in [-0.2, 0) is 12.4 Å². The monoisotopic (exact) mass is 291 g/mol. The minimum Gasteiger partial charge on any atom is -0.311 e. The lowest BCUT2D eigenvalue weighted by atomic mass is 10.0. The zero-order chi connectivity index (χ0) is 14.7. The number of rotatable bonds is 3. The number of aromatic nitrogens is 3. The van der Waals surface area contributed by atoms with Crippen molar-refractivity contribution in [2.45, 2.75) is 47.0 Å². The van der Waals surface area contributed by atoms with Gasteiger partial charge < -0.3 is 4.57 Å². The lowest BCUT2D eigenvalue weighted by molar-refractivity contribution is 0.457. The summed E-state index contributed by atoms with van der Waals surface area (Å²) < 4.78 is 2.22. The summed E-state index contributed by atoms with van der Waals surface area (Å²) in [7, 11) is 0. The predicted molar refractivity (Wildman–Crippen MR) is 82.9 cm³/mol. The number of hydrogen-bond donors (Lipinski definition) is 0. The molecule has 2 heterocycles. The summed E-state index contributed by atoms with van der Waals surface area (Å²) in [6, 6.07) is 2.00. The lowest BCUT2D eigenvalue weighted by Gasteiger charge is -2.08. The van der Waals surface area contributed by atoms with Gasteiger partial charge in [-0.3, -0.25) is 0 Å². The largest absolute Gasteiger partial charge is 0.311 e. The number of pyridine rings is 1. The molecule has 0 aliphatic heterocycles. The highest BCUT2D eigenvalue weighted by molar-refractivity contribution is 6.16. The molecule has 0 saturated heterocycles. The van der Waals surface area contributed by atoms with E-state index in [1.807, 2.05) is 12.3 Å². The lowest BCUT2D eigenvalue weighted by Crippen LogP contribution is -2.08. The minimum absolute atomic E-state index is 0.358. The van der Waals surface area contributed by atoms with E-state index in [9.17, 15) is 0 Å². The first kappa shape index (κ1) is 13.9. The van der Waals surface area contributed by atoms with Crippen LogP contribution in [0.5, 0.6) is 0 Å². The van der Waals surface area contributed by atoms with Crippen molar-refractivity contribution in [3.63, 3.8) is 0 Å². The molecule has 2 aromatic rings. The fourth-order valence-electron chi connectivity index (χ4n) is 3.45. The molecule has 0 N–H and O–H groups in total. The first-order valence-corrected chi connectivity index (χ1v) is 7.71. The van der Waals surface area contributed by atoms with Crippen LogP contribution in [-0.4, -0.2) is 14.5 Å². The Bertz CT molecular complexity index is 656. The highest BCUT2D eigenvalue weighted by Crippen LogP contribution is 2.69. The van der Waals surface area contributed by atoms with Crippen LogP contribution in [0.3, 0.4) is 0 Å². The van der Waals surface area contributed by atoms with Crippen LogP contribution in [0.25, 0.3) is 11.2 Å². The number of aryl methyl sites for hydroxylation is 1. The smallest absolute Gasteiger partial charge is 0.160 e. The number of nitrogens with zero attached hydrogens (tertiary/aromatic N) is 3. The third kappa shape index (κ3) is 1.72. The van der Waals surface area contributed by atoms with Crippen LogP contribution in [0.1, 0.15) is 39.1 Å². The highest BCUT2D eigenvalue weighted by atomic mass is 35.5. The Morgan fingerprint density at radius 3 is 2.45 bits per heavy atom. The van der Waals surface area contributed by atoms with Gasteiger partial charge in [0.15, 0.2) is 5.65 Å². The Labute approximate surface area is 125 Å². The average Bonchev–Trinajstić information content (AvgIpc) is 2.71. The molecule has 3 rings (SSSR count). The van der Waals surface area contributed by atoms with Gasteiger partial charge >= 0.3 is 0 Å². The summed E-state index contributed by atoms with van der Waals surface area (Å²) in [6.45, 7) is 12.4. The van der Waals surface area contributed by atoms with Crippen molar-refractivity contribution in [1.29, 1.82) is 0 Å². The van der Waals surface area contributed by atoms with E-state index in [2.05, 4.69) is 49.2 Å². The van der Waals surface area contributed by atoms with Crippen molar-refractivity contribution in [2.24, 2.45) is 16.7 Å². The van der Waals surface area contributed by atoms with Crippen LogP contribution < -0.4 is 0 Å². The number of halogens is 1. The predicted octanol–water partition coefficient (Wildman–Crippen LogP) is 4.16. The summed E-state index contributed by atoms with van der Waals surface area (Å²) in [5.41, 5.74) is 3.83. The first-order chi connectivity index (χ1) is 9.30. The van der Waals surface area contributed by atoms with Gasteiger partial charge in [-0.1, -0.05) is 27.7 Å². The Morgan fingerprint density at radius 1 is 1.25 bits per heavy atom. The zero-order valence-electron chi connectivity index (χ0n) is 12.9. The average molecular weight is 292 g/mol. The van der Waals surface area contributed by atoms with Crippen molar-refractivity contribution < 1.29 is 0 Å². The van der Waals surface area contributed by atoms with E-state index in [0.29, 0.717) is 22.6 Å². The van der Waals surface area contributed by atoms with Gasteiger partial charge in [0.25, 0.3) is 0 Å². The molecule has 1 aliphatic rings. The van der Waals surface area contributed by atoms with Crippen LogP contribution in [0, 0.1) is 23.7 Å². The molecular weight excluding hydrogens is 270 g/mol. The van der Waals surface area contributed by atoms with Crippen molar-refractivity contribution >= 4 is 22.8 Å². The van der Waals surface area contributed by atoms with Gasteiger partial charge in [-0.25, -0.2) is 9.97 Å². The molecule has 0 amide bonds. The Balaban J connectivity index is 2.06. The number of hydrogen-bond acceptors (Lipinski definition) is 2. The van der Waals surface area contributed by atoms with Crippen LogP contribution >= 0.6 is 11.6 Å². The molecule has 1 saturated carbocycles. The summed E-state index contributed by atoms with van der Waals surface area (Å²) in [6.07, 6.45) is 1.86. The van der Waals surface area contributed by atoms with E-state index in [0.717, 1.165) is 29.1 Å². The second-order valence-electron chi connectivity index (χ2n) is 7.07. The molecule has 0 bridgehead atoms. The molecule has 2 aromatic heterocycles. The molecule has 0 atom stereocenters. The number of alkyl halides is 1. The van der Waals surface area contributed by atoms with E-state index in [1.54, 1.807) is 0 Å². The zero-order valence-corrected chi connectivity index (χ0v) is 13.6. The fourth-order valence-corrected chi connectivity index (χ4v) is 3.65. The standard InChI is InChI=1S/C16H22ClN3/c1-10-6-7-18-14-13(10)19-12(8-17)20(14)9-11-15(2,3)16(11,4)5/h6-7,11H,8-9H2,1-5H3. The second kappa shape index (κ2) is 4.20. The Kier molecular flexibility index (Phi) is 2.91. The Hall–Kier alpha value is -1.09. The van der Waals surface area contributed by atoms with Gasteiger partial charge in [-0.15, -0.1) is 11.6 Å². The van der Waals surface area contributed by atoms with Gasteiger partial charge in [0.1, 0.15) is 11.3 Å². The number of imidazole rings is 1. The van der Waals surface area contributed by atoms with E-state index < -0.39 is 0 Å². The summed E-state index contributed by atoms with van der Waals surface area (Å²) in [4.78, 5) is 9.20. The molecule has 0 aromatic carbocycles. The minimum atomic E-state index is 0.358.